The van der Waals surface area contributed by atoms with Gasteiger partial charge < -0.3 is 15.4 Å². The number of rotatable bonds is 6. The zero-order valence-electron chi connectivity index (χ0n) is 11.6. The molecule has 0 amide bonds. The van der Waals surface area contributed by atoms with E-state index in [1.54, 1.807) is 7.11 Å². The number of hydrogen-bond donors (Lipinski definition) is 2. The van der Waals surface area contributed by atoms with Crippen molar-refractivity contribution >= 4 is 0 Å². The molecule has 0 saturated heterocycles. The second-order valence-electron chi connectivity index (χ2n) is 4.34. The van der Waals surface area contributed by atoms with Crippen molar-refractivity contribution in [1.82, 2.24) is 10.6 Å². The average molecular weight is 236 g/mol. The van der Waals surface area contributed by atoms with Crippen LogP contribution < -0.4 is 15.4 Å². The van der Waals surface area contributed by atoms with Gasteiger partial charge in [-0.15, -0.1) is 0 Å². The predicted molar refractivity (Wildman–Crippen MR) is 72.8 cm³/mol. The molecule has 0 saturated carbocycles. The molecule has 0 fully saturated rings. The van der Waals surface area contributed by atoms with Crippen molar-refractivity contribution in [2.45, 2.75) is 26.3 Å². The van der Waals surface area contributed by atoms with Crippen molar-refractivity contribution in [3.05, 3.63) is 28.8 Å². The summed E-state index contributed by atoms with van der Waals surface area (Å²) < 4.78 is 5.34. The molecule has 3 nitrogen and oxygen atoms in total. The van der Waals surface area contributed by atoms with Gasteiger partial charge in [0, 0.05) is 6.04 Å². The van der Waals surface area contributed by atoms with Gasteiger partial charge in [-0.2, -0.15) is 0 Å². The number of benzene rings is 1. The Morgan fingerprint density at radius 2 is 1.88 bits per heavy atom. The average Bonchev–Trinajstić information content (AvgIpc) is 2.35. The van der Waals surface area contributed by atoms with Gasteiger partial charge in [0.05, 0.1) is 7.11 Å². The molecule has 1 aromatic rings. The van der Waals surface area contributed by atoms with Crippen LogP contribution in [0.25, 0.3) is 0 Å². The topological polar surface area (TPSA) is 33.3 Å². The summed E-state index contributed by atoms with van der Waals surface area (Å²) in [6.45, 7) is 5.29. The molecule has 0 aliphatic heterocycles. The summed E-state index contributed by atoms with van der Waals surface area (Å²) in [5, 5.41) is 6.57. The summed E-state index contributed by atoms with van der Waals surface area (Å²) in [6, 6.07) is 4.62. The first-order valence-corrected chi connectivity index (χ1v) is 6.11. The lowest BCUT2D eigenvalue weighted by atomic mass is 9.95. The smallest absolute Gasteiger partial charge is 0.122 e. The van der Waals surface area contributed by atoms with Crippen LogP contribution in [0.1, 0.15) is 29.2 Å². The molecule has 1 unspecified atom stereocenters. The van der Waals surface area contributed by atoms with E-state index in [1.807, 2.05) is 14.1 Å². The van der Waals surface area contributed by atoms with Gasteiger partial charge in [-0.25, -0.2) is 0 Å². The Kier molecular flexibility index (Phi) is 5.45. The first kappa shape index (κ1) is 14.0. The molecule has 1 atom stereocenters. The highest BCUT2D eigenvalue weighted by Crippen LogP contribution is 2.28. The minimum absolute atomic E-state index is 0.395. The zero-order chi connectivity index (χ0) is 12.8. The quantitative estimate of drug-likeness (QED) is 0.794. The lowest BCUT2D eigenvalue weighted by Gasteiger charge is -2.21. The fourth-order valence-corrected chi connectivity index (χ4v) is 2.16. The SMILES string of the molecule is CNCCC(NC)c1ccc(OC)c(C)c1C. The summed E-state index contributed by atoms with van der Waals surface area (Å²) in [5.41, 5.74) is 3.91. The lowest BCUT2D eigenvalue weighted by Crippen LogP contribution is -2.22. The van der Waals surface area contributed by atoms with E-state index in [4.69, 9.17) is 4.74 Å². The van der Waals surface area contributed by atoms with Gasteiger partial charge in [-0.1, -0.05) is 6.07 Å². The normalized spacial score (nSPS) is 12.5. The highest BCUT2D eigenvalue weighted by Gasteiger charge is 2.14. The Hall–Kier alpha value is -1.06. The van der Waals surface area contributed by atoms with Crippen LogP contribution in [-0.4, -0.2) is 27.7 Å². The third-order valence-corrected chi connectivity index (χ3v) is 3.41. The molecule has 0 heterocycles. The van der Waals surface area contributed by atoms with E-state index in [1.165, 1.54) is 16.7 Å². The molecular formula is C14H24N2O. The van der Waals surface area contributed by atoms with Gasteiger partial charge in [-0.3, -0.25) is 0 Å². The molecule has 2 N–H and O–H groups in total. The van der Waals surface area contributed by atoms with E-state index >= 15 is 0 Å². The minimum atomic E-state index is 0.395. The summed E-state index contributed by atoms with van der Waals surface area (Å²) in [7, 11) is 5.72. The maximum Gasteiger partial charge on any atom is 0.122 e. The lowest BCUT2D eigenvalue weighted by molar-refractivity contribution is 0.410. The Labute approximate surface area is 105 Å². The van der Waals surface area contributed by atoms with Gasteiger partial charge in [0.25, 0.3) is 0 Å². The largest absolute Gasteiger partial charge is 0.496 e. The van der Waals surface area contributed by atoms with Crippen LogP contribution in [0.2, 0.25) is 0 Å². The van der Waals surface area contributed by atoms with Gasteiger partial charge in [0.2, 0.25) is 0 Å². The Morgan fingerprint density at radius 3 is 2.41 bits per heavy atom. The predicted octanol–water partition coefficient (Wildman–Crippen LogP) is 2.18. The number of ether oxygens (including phenoxy) is 1. The second kappa shape index (κ2) is 6.62. The highest BCUT2D eigenvalue weighted by molar-refractivity contribution is 5.44. The fourth-order valence-electron chi connectivity index (χ4n) is 2.16. The summed E-state index contributed by atoms with van der Waals surface area (Å²) in [6.07, 6.45) is 1.08. The van der Waals surface area contributed by atoms with E-state index in [-0.39, 0.29) is 0 Å². The monoisotopic (exact) mass is 236 g/mol. The van der Waals surface area contributed by atoms with Gasteiger partial charge in [0.15, 0.2) is 0 Å². The van der Waals surface area contributed by atoms with Crippen molar-refractivity contribution in [2.75, 3.05) is 27.7 Å². The maximum absolute atomic E-state index is 5.34. The molecule has 1 aromatic carbocycles. The molecule has 0 aliphatic carbocycles. The van der Waals surface area contributed by atoms with Crippen LogP contribution in [0.5, 0.6) is 5.75 Å². The van der Waals surface area contributed by atoms with Crippen LogP contribution >= 0.6 is 0 Å². The summed E-state index contributed by atoms with van der Waals surface area (Å²) >= 11 is 0. The van der Waals surface area contributed by atoms with E-state index in [0.29, 0.717) is 6.04 Å². The maximum atomic E-state index is 5.34. The molecule has 0 aliphatic rings. The molecule has 0 bridgehead atoms. The Morgan fingerprint density at radius 1 is 1.18 bits per heavy atom. The van der Waals surface area contributed by atoms with Gasteiger partial charge >= 0.3 is 0 Å². The Bertz CT molecular complexity index is 363. The zero-order valence-corrected chi connectivity index (χ0v) is 11.6. The second-order valence-corrected chi connectivity index (χ2v) is 4.34. The number of methoxy groups -OCH3 is 1. The molecule has 3 heteroatoms. The van der Waals surface area contributed by atoms with Crippen molar-refractivity contribution in [3.63, 3.8) is 0 Å². The highest BCUT2D eigenvalue weighted by atomic mass is 16.5. The molecule has 96 valence electrons. The standard InChI is InChI=1S/C14H24N2O/c1-10-11(2)14(17-5)7-6-12(10)13(16-4)8-9-15-3/h6-7,13,15-16H,8-9H2,1-5H3. The van der Waals surface area contributed by atoms with Crippen LogP contribution in [-0.2, 0) is 0 Å². The summed E-state index contributed by atoms with van der Waals surface area (Å²) in [4.78, 5) is 0. The Balaban J connectivity index is 3.00. The van der Waals surface area contributed by atoms with Crippen molar-refractivity contribution in [2.24, 2.45) is 0 Å². The molecule has 17 heavy (non-hydrogen) atoms. The minimum Gasteiger partial charge on any atom is -0.496 e. The summed E-state index contributed by atoms with van der Waals surface area (Å²) in [5.74, 6) is 0.967. The van der Waals surface area contributed by atoms with Crippen LogP contribution in [0.3, 0.4) is 0 Å². The van der Waals surface area contributed by atoms with E-state index < -0.39 is 0 Å². The first-order valence-electron chi connectivity index (χ1n) is 6.11. The first-order chi connectivity index (χ1) is 8.15. The van der Waals surface area contributed by atoms with Gasteiger partial charge in [-0.05, 0) is 63.7 Å². The van der Waals surface area contributed by atoms with Crippen LogP contribution in [0.4, 0.5) is 0 Å². The molecule has 0 aromatic heterocycles. The van der Waals surface area contributed by atoms with Crippen molar-refractivity contribution in [1.29, 1.82) is 0 Å². The fraction of sp³-hybridized carbons (Fsp3) is 0.571. The third kappa shape index (κ3) is 3.20. The van der Waals surface area contributed by atoms with Gasteiger partial charge in [0.1, 0.15) is 5.75 Å². The number of nitrogens with one attached hydrogen (secondary N) is 2. The van der Waals surface area contributed by atoms with E-state index in [2.05, 4.69) is 36.6 Å². The molecule has 0 radical (unpaired) electrons. The molecular weight excluding hydrogens is 212 g/mol. The van der Waals surface area contributed by atoms with E-state index in [0.717, 1.165) is 18.7 Å². The van der Waals surface area contributed by atoms with Crippen LogP contribution in [0.15, 0.2) is 12.1 Å². The van der Waals surface area contributed by atoms with Crippen LogP contribution in [0, 0.1) is 13.8 Å². The van der Waals surface area contributed by atoms with Crippen molar-refractivity contribution < 1.29 is 4.74 Å². The molecule has 0 spiro atoms. The van der Waals surface area contributed by atoms with E-state index in [9.17, 15) is 0 Å². The van der Waals surface area contributed by atoms with Crippen molar-refractivity contribution in [3.8, 4) is 5.75 Å². The molecule has 1 rings (SSSR count). The third-order valence-electron chi connectivity index (χ3n) is 3.41. The number of hydrogen-bond acceptors (Lipinski definition) is 3.